The van der Waals surface area contributed by atoms with Crippen molar-refractivity contribution in [3.63, 3.8) is 0 Å². The summed E-state index contributed by atoms with van der Waals surface area (Å²) < 4.78 is 11.0. The number of nitrogens with zero attached hydrogens (tertiary/aromatic N) is 2. The van der Waals surface area contributed by atoms with Crippen molar-refractivity contribution < 1.29 is 14.3 Å². The highest BCUT2D eigenvalue weighted by Gasteiger charge is 2.28. The summed E-state index contributed by atoms with van der Waals surface area (Å²) >= 11 is 0. The third-order valence-corrected chi connectivity index (χ3v) is 5.34. The first-order chi connectivity index (χ1) is 12.3. The average molecular weight is 346 g/mol. The maximum atomic E-state index is 12.6. The Bertz CT molecular complexity index is 532. The van der Waals surface area contributed by atoms with Crippen LogP contribution >= 0.6 is 0 Å². The zero-order valence-corrected chi connectivity index (χ0v) is 15.3. The molecule has 0 atom stereocenters. The average Bonchev–Trinajstić information content (AvgIpc) is 2.69. The molecule has 0 aromatic heterocycles. The van der Waals surface area contributed by atoms with E-state index >= 15 is 0 Å². The van der Waals surface area contributed by atoms with Crippen molar-refractivity contribution in [1.82, 2.24) is 9.80 Å². The van der Waals surface area contributed by atoms with Gasteiger partial charge in [0, 0.05) is 25.6 Å². The largest absolute Gasteiger partial charge is 0.497 e. The second-order valence-corrected chi connectivity index (χ2v) is 7.03. The first-order valence-electron chi connectivity index (χ1n) is 9.54. The van der Waals surface area contributed by atoms with E-state index in [2.05, 4.69) is 9.80 Å². The number of piperidine rings is 2. The third kappa shape index (κ3) is 5.11. The van der Waals surface area contributed by atoms with Crippen molar-refractivity contribution >= 4 is 5.91 Å². The van der Waals surface area contributed by atoms with Crippen LogP contribution in [0.1, 0.15) is 32.1 Å². The highest BCUT2D eigenvalue weighted by Crippen LogP contribution is 2.22. The van der Waals surface area contributed by atoms with E-state index in [1.807, 2.05) is 24.3 Å². The second kappa shape index (κ2) is 9.09. The summed E-state index contributed by atoms with van der Waals surface area (Å²) in [5.41, 5.74) is 0. The van der Waals surface area contributed by atoms with Crippen LogP contribution in [0, 0.1) is 5.92 Å². The van der Waals surface area contributed by atoms with E-state index in [9.17, 15) is 4.79 Å². The lowest BCUT2D eigenvalue weighted by Crippen LogP contribution is -2.45. The van der Waals surface area contributed by atoms with Gasteiger partial charge in [0.1, 0.15) is 18.1 Å². The molecule has 138 valence electrons. The maximum Gasteiger partial charge on any atom is 0.225 e. The summed E-state index contributed by atoms with van der Waals surface area (Å²) in [6.45, 7) is 5.52. The van der Waals surface area contributed by atoms with Crippen LogP contribution < -0.4 is 9.47 Å². The summed E-state index contributed by atoms with van der Waals surface area (Å²) in [5.74, 6) is 2.34. The molecular weight excluding hydrogens is 316 g/mol. The Balaban J connectivity index is 1.35. The number of carbonyl (C=O) groups is 1. The summed E-state index contributed by atoms with van der Waals surface area (Å²) in [6.07, 6.45) is 5.59. The van der Waals surface area contributed by atoms with Crippen LogP contribution in [0.15, 0.2) is 24.3 Å². The Labute approximate surface area is 150 Å². The van der Waals surface area contributed by atoms with Gasteiger partial charge in [0.15, 0.2) is 0 Å². The molecule has 0 radical (unpaired) electrons. The molecule has 25 heavy (non-hydrogen) atoms. The summed E-state index contributed by atoms with van der Waals surface area (Å²) in [7, 11) is 1.66. The molecule has 2 saturated heterocycles. The van der Waals surface area contributed by atoms with E-state index in [4.69, 9.17) is 9.47 Å². The highest BCUT2D eigenvalue weighted by atomic mass is 16.5. The van der Waals surface area contributed by atoms with Crippen molar-refractivity contribution in [2.45, 2.75) is 32.1 Å². The van der Waals surface area contributed by atoms with Crippen molar-refractivity contribution in [1.29, 1.82) is 0 Å². The molecule has 5 nitrogen and oxygen atoms in total. The smallest absolute Gasteiger partial charge is 0.225 e. The minimum absolute atomic E-state index is 0.233. The van der Waals surface area contributed by atoms with Crippen LogP contribution in [0.4, 0.5) is 0 Å². The molecule has 5 heteroatoms. The number of hydrogen-bond donors (Lipinski definition) is 0. The van der Waals surface area contributed by atoms with E-state index in [1.165, 1.54) is 19.3 Å². The van der Waals surface area contributed by atoms with E-state index in [0.717, 1.165) is 57.1 Å². The van der Waals surface area contributed by atoms with Crippen LogP contribution in [0.3, 0.4) is 0 Å². The van der Waals surface area contributed by atoms with Gasteiger partial charge < -0.3 is 14.4 Å². The molecule has 1 aromatic rings. The van der Waals surface area contributed by atoms with Crippen molar-refractivity contribution in [3.8, 4) is 11.5 Å². The molecule has 2 heterocycles. The molecule has 0 bridgehead atoms. The van der Waals surface area contributed by atoms with Gasteiger partial charge in [0.25, 0.3) is 0 Å². The fraction of sp³-hybridized carbons (Fsp3) is 0.650. The Morgan fingerprint density at radius 3 is 2.28 bits per heavy atom. The normalized spacial score (nSPS) is 19.6. The molecule has 2 fully saturated rings. The minimum Gasteiger partial charge on any atom is -0.497 e. The van der Waals surface area contributed by atoms with Crippen molar-refractivity contribution in [3.05, 3.63) is 24.3 Å². The molecule has 0 unspecified atom stereocenters. The fourth-order valence-electron chi connectivity index (χ4n) is 3.74. The predicted molar refractivity (Wildman–Crippen MR) is 98.1 cm³/mol. The quantitative estimate of drug-likeness (QED) is 0.794. The Hall–Kier alpha value is -1.75. The molecule has 0 N–H and O–H groups in total. The molecule has 0 saturated carbocycles. The van der Waals surface area contributed by atoms with Gasteiger partial charge in [-0.25, -0.2) is 0 Å². The van der Waals surface area contributed by atoms with Gasteiger partial charge in [-0.15, -0.1) is 0 Å². The van der Waals surface area contributed by atoms with Gasteiger partial charge in [0.05, 0.1) is 7.11 Å². The number of benzene rings is 1. The van der Waals surface area contributed by atoms with Crippen LogP contribution in [0.25, 0.3) is 0 Å². The molecule has 1 amide bonds. The second-order valence-electron chi connectivity index (χ2n) is 7.03. The first-order valence-corrected chi connectivity index (χ1v) is 9.54. The van der Waals surface area contributed by atoms with Crippen molar-refractivity contribution in [2.75, 3.05) is 46.4 Å². The minimum atomic E-state index is 0.233. The van der Waals surface area contributed by atoms with Gasteiger partial charge in [0.2, 0.25) is 5.91 Å². The van der Waals surface area contributed by atoms with E-state index in [0.29, 0.717) is 12.5 Å². The van der Waals surface area contributed by atoms with Gasteiger partial charge >= 0.3 is 0 Å². The van der Waals surface area contributed by atoms with Crippen LogP contribution in [-0.4, -0.2) is 62.1 Å². The Kier molecular flexibility index (Phi) is 6.56. The van der Waals surface area contributed by atoms with Gasteiger partial charge in [-0.05, 0) is 69.5 Å². The molecule has 2 aliphatic heterocycles. The van der Waals surface area contributed by atoms with E-state index < -0.39 is 0 Å². The predicted octanol–water partition coefficient (Wildman–Crippen LogP) is 2.80. The monoisotopic (exact) mass is 346 g/mol. The Morgan fingerprint density at radius 2 is 1.64 bits per heavy atom. The number of likely N-dealkylation sites (tertiary alicyclic amines) is 2. The van der Waals surface area contributed by atoms with Gasteiger partial charge in [-0.3, -0.25) is 9.69 Å². The third-order valence-electron chi connectivity index (χ3n) is 5.34. The number of amides is 1. The van der Waals surface area contributed by atoms with Gasteiger partial charge in [-0.1, -0.05) is 0 Å². The number of carbonyl (C=O) groups excluding carboxylic acids is 1. The lowest BCUT2D eigenvalue weighted by atomic mass is 9.94. The van der Waals surface area contributed by atoms with E-state index in [-0.39, 0.29) is 5.92 Å². The Morgan fingerprint density at radius 1 is 1.00 bits per heavy atom. The molecule has 2 aliphatic rings. The molecular formula is C20H30N2O3. The number of ether oxygens (including phenoxy) is 2. The topological polar surface area (TPSA) is 42.0 Å². The van der Waals surface area contributed by atoms with Crippen LogP contribution in [0.2, 0.25) is 0 Å². The lowest BCUT2D eigenvalue weighted by molar-refractivity contribution is -0.138. The fourth-order valence-corrected chi connectivity index (χ4v) is 3.74. The zero-order valence-electron chi connectivity index (χ0n) is 15.3. The number of hydrogen-bond acceptors (Lipinski definition) is 4. The summed E-state index contributed by atoms with van der Waals surface area (Å²) in [6, 6.07) is 7.69. The lowest BCUT2D eigenvalue weighted by Gasteiger charge is -2.35. The summed E-state index contributed by atoms with van der Waals surface area (Å²) in [4.78, 5) is 17.1. The molecule has 3 rings (SSSR count). The highest BCUT2D eigenvalue weighted by molar-refractivity contribution is 5.79. The molecule has 1 aromatic carbocycles. The van der Waals surface area contributed by atoms with Crippen LogP contribution in [-0.2, 0) is 4.79 Å². The van der Waals surface area contributed by atoms with Gasteiger partial charge in [-0.2, -0.15) is 0 Å². The van der Waals surface area contributed by atoms with Crippen LogP contribution in [0.5, 0.6) is 11.5 Å². The standard InChI is InChI=1S/C20H30N2O3/c1-24-18-5-7-19(8-6-18)25-16-15-21-13-9-17(10-14-21)20(23)22-11-3-2-4-12-22/h5-8,17H,2-4,9-16H2,1H3. The first kappa shape index (κ1) is 18.1. The number of rotatable bonds is 6. The maximum absolute atomic E-state index is 12.6. The SMILES string of the molecule is COc1ccc(OCCN2CCC(C(=O)N3CCCCC3)CC2)cc1. The van der Waals surface area contributed by atoms with E-state index in [1.54, 1.807) is 7.11 Å². The zero-order chi connectivity index (χ0) is 17.5. The summed E-state index contributed by atoms with van der Waals surface area (Å²) in [5, 5.41) is 0. The number of methoxy groups -OCH3 is 1. The molecule has 0 spiro atoms. The molecule has 0 aliphatic carbocycles. The van der Waals surface area contributed by atoms with Crippen molar-refractivity contribution in [2.24, 2.45) is 5.92 Å².